The van der Waals surface area contributed by atoms with Crippen molar-refractivity contribution in [3.8, 4) is 5.75 Å². The number of anilines is 1. The Balaban J connectivity index is 3.01. The summed E-state index contributed by atoms with van der Waals surface area (Å²) in [6.45, 7) is 5.62. The molecule has 0 bridgehead atoms. The molecule has 1 atom stereocenters. The van der Waals surface area contributed by atoms with Crippen LogP contribution in [0.25, 0.3) is 0 Å². The average molecular weight is 355 g/mol. The Labute approximate surface area is 146 Å². The maximum absolute atomic E-state index is 12.2. The van der Waals surface area contributed by atoms with Crippen LogP contribution in [-0.2, 0) is 0 Å². The minimum atomic E-state index is -4.70. The van der Waals surface area contributed by atoms with Crippen molar-refractivity contribution >= 4 is 11.4 Å². The first-order valence-electron chi connectivity index (χ1n) is 7.93. The van der Waals surface area contributed by atoms with Gasteiger partial charge in [-0.05, 0) is 62.7 Å². The van der Waals surface area contributed by atoms with Crippen molar-refractivity contribution in [1.82, 2.24) is 5.32 Å². The Morgan fingerprint density at radius 3 is 2.28 bits per heavy atom. The lowest BCUT2D eigenvalue weighted by Gasteiger charge is -2.21. The molecular formula is C18H24F3N3O. The highest BCUT2D eigenvalue weighted by atomic mass is 19.4. The van der Waals surface area contributed by atoms with Crippen LogP contribution >= 0.6 is 0 Å². The number of rotatable bonds is 8. The molecule has 1 aromatic rings. The Kier molecular flexibility index (Phi) is 7.70. The fraction of sp³-hybridized carbons (Fsp3) is 0.389. The molecule has 25 heavy (non-hydrogen) atoms. The molecule has 1 unspecified atom stereocenters. The molecule has 0 aliphatic heterocycles. The number of likely N-dealkylation sites (N-methyl/N-ethyl adjacent to an activating group) is 1. The van der Waals surface area contributed by atoms with Gasteiger partial charge in [0, 0.05) is 23.6 Å². The van der Waals surface area contributed by atoms with Crippen LogP contribution in [0.15, 0.2) is 47.7 Å². The van der Waals surface area contributed by atoms with Gasteiger partial charge in [-0.2, -0.15) is 0 Å². The summed E-state index contributed by atoms with van der Waals surface area (Å²) in [7, 11) is 1.85. The predicted octanol–water partition coefficient (Wildman–Crippen LogP) is 4.86. The summed E-state index contributed by atoms with van der Waals surface area (Å²) in [6.07, 6.45) is -0.230. The van der Waals surface area contributed by atoms with Crippen molar-refractivity contribution in [3.63, 3.8) is 0 Å². The number of benzene rings is 1. The summed E-state index contributed by atoms with van der Waals surface area (Å²) in [5.74, 6) is -0.270. The SMILES string of the molecule is C/C=C(C(C)=N)\C(=C\Nc1ccc(OC(F)(F)F)cc1)C(CC)NC. The van der Waals surface area contributed by atoms with E-state index in [9.17, 15) is 13.2 Å². The fourth-order valence-electron chi connectivity index (χ4n) is 2.46. The van der Waals surface area contributed by atoms with Crippen LogP contribution in [0.5, 0.6) is 5.75 Å². The number of halogens is 3. The maximum atomic E-state index is 12.2. The highest BCUT2D eigenvalue weighted by Gasteiger charge is 2.30. The van der Waals surface area contributed by atoms with E-state index in [0.717, 1.165) is 17.6 Å². The monoisotopic (exact) mass is 355 g/mol. The van der Waals surface area contributed by atoms with Gasteiger partial charge in [-0.15, -0.1) is 13.2 Å². The van der Waals surface area contributed by atoms with E-state index in [4.69, 9.17) is 5.41 Å². The summed E-state index contributed by atoms with van der Waals surface area (Å²) in [5.41, 5.74) is 2.79. The van der Waals surface area contributed by atoms with E-state index < -0.39 is 6.36 Å². The third kappa shape index (κ3) is 6.62. The van der Waals surface area contributed by atoms with Gasteiger partial charge in [-0.25, -0.2) is 0 Å². The van der Waals surface area contributed by atoms with Crippen molar-refractivity contribution in [2.75, 3.05) is 12.4 Å². The van der Waals surface area contributed by atoms with Crippen LogP contribution in [-0.4, -0.2) is 25.2 Å². The molecule has 7 heteroatoms. The third-order valence-corrected chi connectivity index (χ3v) is 3.62. The van der Waals surface area contributed by atoms with Crippen LogP contribution < -0.4 is 15.4 Å². The minimum Gasteiger partial charge on any atom is -0.406 e. The molecule has 0 aliphatic rings. The van der Waals surface area contributed by atoms with Crippen LogP contribution in [0, 0.1) is 5.41 Å². The van der Waals surface area contributed by atoms with Gasteiger partial charge in [0.1, 0.15) is 5.75 Å². The smallest absolute Gasteiger partial charge is 0.406 e. The standard InChI is InChI=1S/C18H24F3N3O/c1-5-15(12(3)22)16(17(6-2)23-4)11-24-13-7-9-14(10-8-13)25-18(19,20)21/h5,7-11,17,22-24H,6H2,1-4H3/b15-5-,16-11-,22-12?. The Morgan fingerprint density at radius 2 is 1.88 bits per heavy atom. The molecule has 3 N–H and O–H groups in total. The van der Waals surface area contributed by atoms with Gasteiger partial charge < -0.3 is 20.8 Å². The molecule has 1 rings (SSSR count). The second kappa shape index (κ2) is 9.27. The first-order valence-corrected chi connectivity index (χ1v) is 7.93. The lowest BCUT2D eigenvalue weighted by molar-refractivity contribution is -0.274. The highest BCUT2D eigenvalue weighted by Crippen LogP contribution is 2.24. The normalized spacial score (nSPS) is 14.2. The van der Waals surface area contributed by atoms with E-state index in [1.165, 1.54) is 24.3 Å². The van der Waals surface area contributed by atoms with Gasteiger partial charge in [0.05, 0.1) is 0 Å². The van der Waals surface area contributed by atoms with E-state index in [1.807, 2.05) is 27.0 Å². The van der Waals surface area contributed by atoms with Gasteiger partial charge in [0.2, 0.25) is 0 Å². The zero-order valence-corrected chi connectivity index (χ0v) is 14.8. The zero-order chi connectivity index (χ0) is 19.0. The second-order valence-corrected chi connectivity index (χ2v) is 5.39. The highest BCUT2D eigenvalue weighted by molar-refractivity contribution is 6.00. The molecule has 4 nitrogen and oxygen atoms in total. The van der Waals surface area contributed by atoms with Gasteiger partial charge >= 0.3 is 6.36 Å². The molecule has 0 saturated carbocycles. The molecule has 0 heterocycles. The first-order chi connectivity index (χ1) is 11.7. The van der Waals surface area contributed by atoms with Crippen molar-refractivity contribution in [2.24, 2.45) is 0 Å². The summed E-state index contributed by atoms with van der Waals surface area (Å²) < 4.78 is 40.4. The summed E-state index contributed by atoms with van der Waals surface area (Å²) >= 11 is 0. The summed E-state index contributed by atoms with van der Waals surface area (Å²) in [4.78, 5) is 0. The van der Waals surface area contributed by atoms with E-state index in [0.29, 0.717) is 11.4 Å². The lowest BCUT2D eigenvalue weighted by atomic mass is 9.94. The quantitative estimate of drug-likeness (QED) is 0.461. The van der Waals surface area contributed by atoms with Gasteiger partial charge in [-0.3, -0.25) is 0 Å². The second-order valence-electron chi connectivity index (χ2n) is 5.39. The fourth-order valence-corrected chi connectivity index (χ4v) is 2.46. The molecule has 0 amide bonds. The van der Waals surface area contributed by atoms with Crippen molar-refractivity contribution in [3.05, 3.63) is 47.7 Å². The Hall–Kier alpha value is -2.28. The number of hydrogen-bond donors (Lipinski definition) is 3. The van der Waals surface area contributed by atoms with Gasteiger partial charge in [-0.1, -0.05) is 13.0 Å². The van der Waals surface area contributed by atoms with Crippen molar-refractivity contribution in [2.45, 2.75) is 39.6 Å². The van der Waals surface area contributed by atoms with E-state index in [-0.39, 0.29) is 11.8 Å². The maximum Gasteiger partial charge on any atom is 0.573 e. The Bertz CT molecular complexity index is 630. The predicted molar refractivity (Wildman–Crippen MR) is 95.1 cm³/mol. The Morgan fingerprint density at radius 1 is 1.28 bits per heavy atom. The topological polar surface area (TPSA) is 57.1 Å². The summed E-state index contributed by atoms with van der Waals surface area (Å²) in [6, 6.07) is 5.55. The van der Waals surface area contributed by atoms with Crippen LogP contribution in [0.1, 0.15) is 27.2 Å². The lowest BCUT2D eigenvalue weighted by Crippen LogP contribution is -2.29. The minimum absolute atomic E-state index is 0.0480. The average Bonchev–Trinajstić information content (AvgIpc) is 2.53. The van der Waals surface area contributed by atoms with Crippen LogP contribution in [0.2, 0.25) is 0 Å². The number of alkyl halides is 3. The zero-order valence-electron chi connectivity index (χ0n) is 14.8. The number of allylic oxidation sites excluding steroid dienone is 1. The van der Waals surface area contributed by atoms with Crippen molar-refractivity contribution < 1.29 is 17.9 Å². The molecule has 138 valence electrons. The third-order valence-electron chi connectivity index (χ3n) is 3.62. The molecule has 0 fully saturated rings. The number of ether oxygens (including phenoxy) is 1. The van der Waals surface area contributed by atoms with Crippen molar-refractivity contribution in [1.29, 1.82) is 5.41 Å². The number of hydrogen-bond acceptors (Lipinski definition) is 4. The van der Waals surface area contributed by atoms with E-state index in [2.05, 4.69) is 15.4 Å². The van der Waals surface area contributed by atoms with Crippen LogP contribution in [0.3, 0.4) is 0 Å². The number of nitrogens with one attached hydrogen (secondary N) is 3. The molecule has 0 radical (unpaired) electrons. The molecule has 0 spiro atoms. The molecule has 0 saturated heterocycles. The first kappa shape index (κ1) is 20.8. The molecule has 1 aromatic carbocycles. The molecule has 0 aliphatic carbocycles. The largest absolute Gasteiger partial charge is 0.573 e. The molecular weight excluding hydrogens is 331 g/mol. The van der Waals surface area contributed by atoms with Gasteiger partial charge in [0.25, 0.3) is 0 Å². The van der Waals surface area contributed by atoms with Gasteiger partial charge in [0.15, 0.2) is 0 Å². The molecule has 0 aromatic heterocycles. The summed E-state index contributed by atoms with van der Waals surface area (Å²) in [5, 5.41) is 14.2. The van der Waals surface area contributed by atoms with E-state index in [1.54, 1.807) is 13.1 Å². The van der Waals surface area contributed by atoms with E-state index >= 15 is 0 Å². The van der Waals surface area contributed by atoms with Crippen LogP contribution in [0.4, 0.5) is 18.9 Å².